The summed E-state index contributed by atoms with van der Waals surface area (Å²) in [7, 11) is 0. The number of hydrogen-bond donors (Lipinski definition) is 2. The summed E-state index contributed by atoms with van der Waals surface area (Å²) in [6, 6.07) is 0.823. The molecular weight excluding hydrogens is 251 g/mol. The van der Waals surface area contributed by atoms with Crippen molar-refractivity contribution in [1.82, 2.24) is 4.98 Å². The van der Waals surface area contributed by atoms with Gasteiger partial charge in [-0.25, -0.2) is 10.8 Å². The van der Waals surface area contributed by atoms with Crippen molar-refractivity contribution in [2.45, 2.75) is 6.18 Å². The van der Waals surface area contributed by atoms with E-state index in [0.717, 1.165) is 12.3 Å². The topological polar surface area (TPSA) is 50.9 Å². The first-order valence-electron chi connectivity index (χ1n) is 3.14. The number of pyridine rings is 1. The van der Waals surface area contributed by atoms with Crippen LogP contribution >= 0.6 is 15.9 Å². The fraction of sp³-hybridized carbons (Fsp3) is 0.167. The van der Waals surface area contributed by atoms with Crippen molar-refractivity contribution in [1.29, 1.82) is 0 Å². The maximum atomic E-state index is 12.2. The van der Waals surface area contributed by atoms with Gasteiger partial charge in [-0.05, 0) is 22.0 Å². The van der Waals surface area contributed by atoms with Crippen molar-refractivity contribution >= 4 is 21.7 Å². The number of nitrogens with zero attached hydrogens (tertiary/aromatic N) is 1. The van der Waals surface area contributed by atoms with Crippen LogP contribution in [0.2, 0.25) is 0 Å². The maximum absolute atomic E-state index is 12.2. The molecule has 1 aromatic rings. The van der Waals surface area contributed by atoms with Crippen molar-refractivity contribution in [3.63, 3.8) is 0 Å². The van der Waals surface area contributed by atoms with Crippen LogP contribution in [0.25, 0.3) is 0 Å². The zero-order chi connectivity index (χ0) is 10.1. The number of rotatable bonds is 1. The van der Waals surface area contributed by atoms with Crippen molar-refractivity contribution in [3.8, 4) is 0 Å². The van der Waals surface area contributed by atoms with Gasteiger partial charge in [0, 0.05) is 10.7 Å². The molecule has 7 heteroatoms. The number of hydrogen-bond acceptors (Lipinski definition) is 3. The average Bonchev–Trinajstić information content (AvgIpc) is 2.03. The number of aromatic nitrogens is 1. The number of hydrazine groups is 1. The summed E-state index contributed by atoms with van der Waals surface area (Å²) in [4.78, 5) is 3.59. The number of nitrogen functional groups attached to an aromatic ring is 1. The van der Waals surface area contributed by atoms with Crippen LogP contribution in [0.15, 0.2) is 16.7 Å². The molecule has 1 aromatic heterocycles. The van der Waals surface area contributed by atoms with Crippen molar-refractivity contribution < 1.29 is 13.2 Å². The third kappa shape index (κ3) is 2.31. The molecule has 0 aromatic carbocycles. The molecule has 0 atom stereocenters. The molecule has 0 saturated carbocycles. The average molecular weight is 256 g/mol. The number of nitrogens with two attached hydrogens (primary N) is 1. The smallest absolute Gasteiger partial charge is 0.308 e. The van der Waals surface area contributed by atoms with Crippen LogP contribution in [0.4, 0.5) is 19.0 Å². The van der Waals surface area contributed by atoms with E-state index in [4.69, 9.17) is 5.84 Å². The lowest BCUT2D eigenvalue weighted by atomic mass is 10.2. The molecular formula is C6H5BrF3N3. The Bertz CT molecular complexity index is 312. The minimum Gasteiger partial charge on any atom is -0.308 e. The summed E-state index contributed by atoms with van der Waals surface area (Å²) in [5, 5.41) is 0. The second-order valence-electron chi connectivity index (χ2n) is 2.19. The number of anilines is 1. The molecule has 0 spiro atoms. The third-order valence-corrected chi connectivity index (χ3v) is 1.94. The van der Waals surface area contributed by atoms with Crippen molar-refractivity contribution in [2.24, 2.45) is 5.84 Å². The summed E-state index contributed by atoms with van der Waals surface area (Å²) in [5.74, 6) is 4.88. The molecule has 0 radical (unpaired) electrons. The molecule has 1 heterocycles. The Morgan fingerprint density at radius 1 is 1.46 bits per heavy atom. The van der Waals surface area contributed by atoms with E-state index in [1.807, 2.05) is 5.43 Å². The van der Waals surface area contributed by atoms with Gasteiger partial charge in [-0.1, -0.05) is 0 Å². The molecule has 1 rings (SSSR count). The molecule has 0 saturated heterocycles. The quantitative estimate of drug-likeness (QED) is 0.597. The lowest BCUT2D eigenvalue weighted by molar-refractivity contribution is -0.138. The van der Waals surface area contributed by atoms with E-state index < -0.39 is 11.7 Å². The van der Waals surface area contributed by atoms with E-state index in [1.54, 1.807) is 0 Å². The fourth-order valence-electron chi connectivity index (χ4n) is 0.735. The van der Waals surface area contributed by atoms with E-state index in [-0.39, 0.29) is 10.3 Å². The monoisotopic (exact) mass is 255 g/mol. The van der Waals surface area contributed by atoms with Gasteiger partial charge < -0.3 is 5.43 Å². The summed E-state index contributed by atoms with van der Waals surface area (Å²) >= 11 is 2.74. The van der Waals surface area contributed by atoms with E-state index in [2.05, 4.69) is 20.9 Å². The Morgan fingerprint density at radius 2 is 2.08 bits per heavy atom. The predicted octanol–water partition coefficient (Wildman–Crippen LogP) is 2.15. The van der Waals surface area contributed by atoms with Crippen LogP contribution in [-0.4, -0.2) is 4.98 Å². The van der Waals surface area contributed by atoms with Gasteiger partial charge in [0.05, 0.1) is 5.56 Å². The lowest BCUT2D eigenvalue weighted by Crippen LogP contribution is -2.12. The molecule has 72 valence electrons. The molecule has 0 unspecified atom stereocenters. The summed E-state index contributed by atoms with van der Waals surface area (Å²) in [5.41, 5.74) is 1.22. The van der Waals surface area contributed by atoms with Crippen LogP contribution in [0.3, 0.4) is 0 Å². The molecule has 13 heavy (non-hydrogen) atoms. The molecule has 0 bridgehead atoms. The zero-order valence-corrected chi connectivity index (χ0v) is 7.78. The Hall–Kier alpha value is -0.820. The maximum Gasteiger partial charge on any atom is 0.417 e. The number of halogens is 4. The normalized spacial score (nSPS) is 11.5. The number of alkyl halides is 3. The molecule has 0 amide bonds. The standard InChI is InChI=1S/C6H5BrF3N3/c7-4-2-12-5(13-11)1-3(4)6(8,9)10/h1-2H,11H2,(H,12,13). The minimum atomic E-state index is -4.41. The van der Waals surface area contributed by atoms with Crippen LogP contribution in [0.5, 0.6) is 0 Å². The SMILES string of the molecule is NNc1cc(C(F)(F)F)c(Br)cn1. The minimum absolute atomic E-state index is 0.0319. The van der Waals surface area contributed by atoms with Gasteiger partial charge in [-0.2, -0.15) is 13.2 Å². The predicted molar refractivity (Wildman–Crippen MR) is 44.7 cm³/mol. The second kappa shape index (κ2) is 3.51. The van der Waals surface area contributed by atoms with Crippen molar-refractivity contribution in [2.75, 3.05) is 5.43 Å². The second-order valence-corrected chi connectivity index (χ2v) is 3.05. The highest BCUT2D eigenvalue weighted by molar-refractivity contribution is 9.10. The van der Waals surface area contributed by atoms with E-state index >= 15 is 0 Å². The highest BCUT2D eigenvalue weighted by Gasteiger charge is 2.33. The first-order chi connectivity index (χ1) is 5.95. The molecule has 3 N–H and O–H groups in total. The zero-order valence-electron chi connectivity index (χ0n) is 6.19. The van der Waals surface area contributed by atoms with Gasteiger partial charge in [0.1, 0.15) is 5.82 Å². The van der Waals surface area contributed by atoms with Gasteiger partial charge in [-0.3, -0.25) is 0 Å². The van der Waals surface area contributed by atoms with Crippen LogP contribution in [0, 0.1) is 0 Å². The molecule has 0 aliphatic heterocycles. The Balaban J connectivity index is 3.19. The van der Waals surface area contributed by atoms with Gasteiger partial charge in [0.2, 0.25) is 0 Å². The van der Waals surface area contributed by atoms with Gasteiger partial charge in [-0.15, -0.1) is 0 Å². The first-order valence-corrected chi connectivity index (χ1v) is 3.94. The Labute approximate surface area is 80.2 Å². The lowest BCUT2D eigenvalue weighted by Gasteiger charge is -2.09. The first kappa shape index (κ1) is 10.3. The summed E-state index contributed by atoms with van der Waals surface area (Å²) in [6.45, 7) is 0. The van der Waals surface area contributed by atoms with Crippen molar-refractivity contribution in [3.05, 3.63) is 22.3 Å². The van der Waals surface area contributed by atoms with Gasteiger partial charge >= 0.3 is 6.18 Å². The Morgan fingerprint density at radius 3 is 2.54 bits per heavy atom. The van der Waals surface area contributed by atoms with Crippen LogP contribution in [0.1, 0.15) is 5.56 Å². The highest BCUT2D eigenvalue weighted by Crippen LogP contribution is 2.35. The summed E-state index contributed by atoms with van der Waals surface area (Å²) < 4.78 is 36.6. The fourth-order valence-corrected chi connectivity index (χ4v) is 1.18. The van der Waals surface area contributed by atoms with Gasteiger partial charge in [0.15, 0.2) is 0 Å². The summed E-state index contributed by atoms with van der Waals surface area (Å²) in [6.07, 6.45) is -3.37. The van der Waals surface area contributed by atoms with E-state index in [9.17, 15) is 13.2 Å². The van der Waals surface area contributed by atoms with E-state index in [1.165, 1.54) is 0 Å². The number of nitrogens with one attached hydrogen (secondary N) is 1. The largest absolute Gasteiger partial charge is 0.417 e. The third-order valence-electron chi connectivity index (χ3n) is 1.31. The van der Waals surface area contributed by atoms with E-state index in [0.29, 0.717) is 0 Å². The molecule has 0 aliphatic carbocycles. The highest BCUT2D eigenvalue weighted by atomic mass is 79.9. The van der Waals surface area contributed by atoms with Crippen LogP contribution in [-0.2, 0) is 6.18 Å². The molecule has 0 aliphatic rings. The molecule has 0 fully saturated rings. The van der Waals surface area contributed by atoms with Gasteiger partial charge in [0.25, 0.3) is 0 Å². The molecule has 3 nitrogen and oxygen atoms in total. The van der Waals surface area contributed by atoms with Crippen LogP contribution < -0.4 is 11.3 Å². The Kier molecular flexibility index (Phi) is 2.77.